The zero-order valence-electron chi connectivity index (χ0n) is 17.1. The van der Waals surface area contributed by atoms with Gasteiger partial charge in [0.1, 0.15) is 18.2 Å². The highest BCUT2D eigenvalue weighted by atomic mass is 32.2. The Kier molecular flexibility index (Phi) is 7.48. The summed E-state index contributed by atoms with van der Waals surface area (Å²) in [5, 5.41) is 3.42. The van der Waals surface area contributed by atoms with Crippen molar-refractivity contribution >= 4 is 23.4 Å². The summed E-state index contributed by atoms with van der Waals surface area (Å²) < 4.78 is 26.1. The fraction of sp³-hybridized carbons (Fsp3) is 0.273. The molecule has 8 heteroatoms. The van der Waals surface area contributed by atoms with E-state index in [2.05, 4.69) is 30.2 Å². The zero-order valence-corrected chi connectivity index (χ0v) is 18.0. The lowest BCUT2D eigenvalue weighted by Gasteiger charge is -2.13. The molecule has 1 aromatic heterocycles. The Morgan fingerprint density at radius 2 is 2.07 bits per heavy atom. The smallest absolute Gasteiger partial charge is 0.234 e. The van der Waals surface area contributed by atoms with Gasteiger partial charge in [-0.2, -0.15) is 0 Å². The number of carbonyl (C=O) groups is 1. The maximum atomic E-state index is 13.7. The predicted octanol–water partition coefficient (Wildman–Crippen LogP) is 4.38. The molecule has 158 valence electrons. The Morgan fingerprint density at radius 3 is 2.87 bits per heavy atom. The number of hydrogen-bond donors (Lipinski definition) is 1. The number of imidazole rings is 1. The number of aryl methyl sites for hydroxylation is 1. The van der Waals surface area contributed by atoms with Gasteiger partial charge in [-0.1, -0.05) is 23.9 Å². The molecule has 2 aromatic carbocycles. The monoisotopic (exact) mass is 429 g/mol. The molecule has 0 aliphatic rings. The van der Waals surface area contributed by atoms with Crippen LogP contribution in [0.15, 0.2) is 53.9 Å². The summed E-state index contributed by atoms with van der Waals surface area (Å²) >= 11 is 1.31. The summed E-state index contributed by atoms with van der Waals surface area (Å²) in [6.45, 7) is 4.80. The zero-order chi connectivity index (χ0) is 21.5. The summed E-state index contributed by atoms with van der Waals surface area (Å²) in [4.78, 5) is 16.9. The van der Waals surface area contributed by atoms with Crippen molar-refractivity contribution in [3.8, 4) is 11.4 Å². The fourth-order valence-electron chi connectivity index (χ4n) is 2.85. The third-order valence-corrected chi connectivity index (χ3v) is 5.50. The van der Waals surface area contributed by atoms with E-state index in [-0.39, 0.29) is 17.3 Å². The summed E-state index contributed by atoms with van der Waals surface area (Å²) in [7, 11) is 1.57. The number of nitrogens with one attached hydrogen (secondary N) is 1. The standard InChI is InChI=1S/C22H24FN3O3S/c1-15-5-4-6-19(16(15)2)26-10-9-24-22(26)30-14-21(27)25-18-13-17(23)7-8-20(18)29-12-11-28-3/h4-10,13H,11-12,14H2,1-3H3,(H,25,27). The van der Waals surface area contributed by atoms with Gasteiger partial charge in [-0.25, -0.2) is 9.37 Å². The Labute approximate surface area is 179 Å². The predicted molar refractivity (Wildman–Crippen MR) is 116 cm³/mol. The second-order valence-corrected chi connectivity index (χ2v) is 7.56. The van der Waals surface area contributed by atoms with Crippen molar-refractivity contribution in [3.05, 3.63) is 65.7 Å². The number of carbonyl (C=O) groups excluding carboxylic acids is 1. The quantitative estimate of drug-likeness (QED) is 0.404. The minimum atomic E-state index is -0.456. The first-order valence-corrected chi connectivity index (χ1v) is 10.4. The van der Waals surface area contributed by atoms with Crippen molar-refractivity contribution in [3.63, 3.8) is 0 Å². The molecule has 0 saturated carbocycles. The Bertz CT molecular complexity index is 1020. The highest BCUT2D eigenvalue weighted by Gasteiger charge is 2.13. The van der Waals surface area contributed by atoms with E-state index in [9.17, 15) is 9.18 Å². The molecule has 3 aromatic rings. The number of thioether (sulfide) groups is 1. The van der Waals surface area contributed by atoms with Crippen LogP contribution in [-0.4, -0.2) is 41.5 Å². The Balaban J connectivity index is 1.67. The van der Waals surface area contributed by atoms with Gasteiger partial charge in [0.05, 0.1) is 23.7 Å². The van der Waals surface area contributed by atoms with Crippen molar-refractivity contribution in [1.82, 2.24) is 9.55 Å². The molecule has 30 heavy (non-hydrogen) atoms. The number of ether oxygens (including phenoxy) is 2. The minimum Gasteiger partial charge on any atom is -0.489 e. The molecular weight excluding hydrogens is 405 g/mol. The van der Waals surface area contributed by atoms with Crippen LogP contribution in [0.2, 0.25) is 0 Å². The van der Waals surface area contributed by atoms with Crippen LogP contribution in [-0.2, 0) is 9.53 Å². The second kappa shape index (κ2) is 10.3. The van der Waals surface area contributed by atoms with E-state index in [0.29, 0.717) is 24.1 Å². The van der Waals surface area contributed by atoms with Crippen LogP contribution in [0.25, 0.3) is 5.69 Å². The van der Waals surface area contributed by atoms with E-state index in [1.54, 1.807) is 13.3 Å². The van der Waals surface area contributed by atoms with Gasteiger partial charge >= 0.3 is 0 Å². The summed E-state index contributed by atoms with van der Waals surface area (Å²) in [6, 6.07) is 10.1. The SMILES string of the molecule is COCCOc1ccc(F)cc1NC(=O)CSc1nccn1-c1cccc(C)c1C. The minimum absolute atomic E-state index is 0.121. The summed E-state index contributed by atoms with van der Waals surface area (Å²) in [5.41, 5.74) is 3.64. The van der Waals surface area contributed by atoms with E-state index < -0.39 is 5.82 Å². The molecule has 1 N–H and O–H groups in total. The highest BCUT2D eigenvalue weighted by molar-refractivity contribution is 7.99. The molecule has 0 radical (unpaired) electrons. The normalized spacial score (nSPS) is 10.8. The number of rotatable bonds is 9. The van der Waals surface area contributed by atoms with Gasteiger partial charge in [-0.05, 0) is 43.2 Å². The molecule has 0 fully saturated rings. The van der Waals surface area contributed by atoms with Gasteiger partial charge < -0.3 is 14.8 Å². The third-order valence-electron chi connectivity index (χ3n) is 4.54. The molecule has 0 spiro atoms. The van der Waals surface area contributed by atoms with Crippen molar-refractivity contribution in [2.45, 2.75) is 19.0 Å². The van der Waals surface area contributed by atoms with E-state index >= 15 is 0 Å². The van der Waals surface area contributed by atoms with Gasteiger partial charge in [0.25, 0.3) is 0 Å². The van der Waals surface area contributed by atoms with Gasteiger partial charge in [-0.3, -0.25) is 9.36 Å². The van der Waals surface area contributed by atoms with Gasteiger partial charge in [-0.15, -0.1) is 0 Å². The number of nitrogens with zero attached hydrogens (tertiary/aromatic N) is 2. The van der Waals surface area contributed by atoms with Crippen molar-refractivity contribution in [2.75, 3.05) is 31.4 Å². The second-order valence-electron chi connectivity index (χ2n) is 6.62. The van der Waals surface area contributed by atoms with Crippen molar-refractivity contribution in [1.29, 1.82) is 0 Å². The molecule has 0 aliphatic carbocycles. The van der Waals surface area contributed by atoms with Crippen LogP contribution in [0.5, 0.6) is 5.75 Å². The molecular formula is C22H24FN3O3S. The average Bonchev–Trinajstić information content (AvgIpc) is 3.18. The molecule has 3 rings (SSSR count). The first-order chi connectivity index (χ1) is 14.5. The van der Waals surface area contributed by atoms with Crippen molar-refractivity contribution in [2.24, 2.45) is 0 Å². The van der Waals surface area contributed by atoms with Gasteiger partial charge in [0.15, 0.2) is 5.16 Å². The summed E-state index contributed by atoms with van der Waals surface area (Å²) in [5.74, 6) is -0.223. The van der Waals surface area contributed by atoms with Gasteiger partial charge in [0.2, 0.25) is 5.91 Å². The first kappa shape index (κ1) is 21.9. The third kappa shape index (κ3) is 5.40. The van der Waals surface area contributed by atoms with E-state index in [1.807, 2.05) is 22.9 Å². The topological polar surface area (TPSA) is 65.4 Å². The van der Waals surface area contributed by atoms with Crippen molar-refractivity contribution < 1.29 is 18.7 Å². The van der Waals surface area contributed by atoms with Crippen LogP contribution < -0.4 is 10.1 Å². The fourth-order valence-corrected chi connectivity index (χ4v) is 3.62. The number of hydrogen-bond acceptors (Lipinski definition) is 5. The first-order valence-electron chi connectivity index (χ1n) is 9.43. The van der Waals surface area contributed by atoms with Gasteiger partial charge in [0, 0.05) is 25.6 Å². The Hall–Kier alpha value is -2.84. The maximum absolute atomic E-state index is 13.7. The average molecular weight is 430 g/mol. The number of aromatic nitrogens is 2. The van der Waals surface area contributed by atoms with Crippen LogP contribution >= 0.6 is 11.8 Å². The molecule has 0 atom stereocenters. The number of methoxy groups -OCH3 is 1. The van der Waals surface area contributed by atoms with E-state index in [0.717, 1.165) is 11.3 Å². The number of benzene rings is 2. The maximum Gasteiger partial charge on any atom is 0.234 e. The molecule has 0 unspecified atom stereocenters. The van der Waals surface area contributed by atoms with Crippen LogP contribution in [0.3, 0.4) is 0 Å². The molecule has 1 heterocycles. The number of halogens is 1. The lowest BCUT2D eigenvalue weighted by molar-refractivity contribution is -0.113. The lowest BCUT2D eigenvalue weighted by Crippen LogP contribution is -2.16. The van der Waals surface area contributed by atoms with Crippen LogP contribution in [0, 0.1) is 19.7 Å². The van der Waals surface area contributed by atoms with Crippen LogP contribution in [0.4, 0.5) is 10.1 Å². The molecule has 0 bridgehead atoms. The number of anilines is 1. The Morgan fingerprint density at radius 1 is 1.23 bits per heavy atom. The van der Waals surface area contributed by atoms with E-state index in [4.69, 9.17) is 9.47 Å². The summed E-state index contributed by atoms with van der Waals surface area (Å²) in [6.07, 6.45) is 3.58. The molecule has 1 amide bonds. The largest absolute Gasteiger partial charge is 0.489 e. The van der Waals surface area contributed by atoms with Crippen LogP contribution in [0.1, 0.15) is 11.1 Å². The lowest BCUT2D eigenvalue weighted by atomic mass is 10.1. The molecule has 6 nitrogen and oxygen atoms in total. The number of amides is 1. The van der Waals surface area contributed by atoms with E-state index in [1.165, 1.54) is 35.5 Å². The highest BCUT2D eigenvalue weighted by Crippen LogP contribution is 2.27. The molecule has 0 saturated heterocycles. The molecule has 0 aliphatic heterocycles.